The summed E-state index contributed by atoms with van der Waals surface area (Å²) in [5.41, 5.74) is 8.17. The van der Waals surface area contributed by atoms with Gasteiger partial charge in [0.15, 0.2) is 5.82 Å². The Balaban J connectivity index is 2.63. The van der Waals surface area contributed by atoms with Crippen LogP contribution < -0.4 is 5.73 Å². The molecule has 17 heavy (non-hydrogen) atoms. The van der Waals surface area contributed by atoms with Gasteiger partial charge in [0.2, 0.25) is 0 Å². The summed E-state index contributed by atoms with van der Waals surface area (Å²) in [7, 11) is 0. The number of anilines is 1. The molecule has 3 N–H and O–H groups in total. The van der Waals surface area contributed by atoms with Crippen LogP contribution in [0.5, 0.6) is 0 Å². The van der Waals surface area contributed by atoms with Crippen molar-refractivity contribution in [3.05, 3.63) is 34.7 Å². The highest BCUT2D eigenvalue weighted by atomic mass is 35.5. The minimum absolute atomic E-state index is 0.232. The van der Waals surface area contributed by atoms with Crippen molar-refractivity contribution in [1.29, 1.82) is 0 Å². The summed E-state index contributed by atoms with van der Waals surface area (Å²) in [5.74, 6) is 0.241. The van der Waals surface area contributed by atoms with Crippen molar-refractivity contribution >= 4 is 17.4 Å². The molecule has 3 nitrogen and oxygen atoms in total. The number of nitrogen functional groups attached to an aromatic ring is 1. The molecule has 0 radical (unpaired) electrons. The lowest BCUT2D eigenvalue weighted by molar-refractivity contribution is 0.628. The number of nitrogens with two attached hydrogens (primary N) is 1. The molecule has 2 rings (SSSR count). The largest absolute Gasteiger partial charge is 0.382 e. The predicted molar refractivity (Wildman–Crippen MR) is 67.5 cm³/mol. The van der Waals surface area contributed by atoms with Crippen molar-refractivity contribution in [1.82, 2.24) is 10.2 Å². The van der Waals surface area contributed by atoms with E-state index in [1.165, 1.54) is 12.1 Å². The molecule has 0 bridgehead atoms. The third kappa shape index (κ3) is 2.13. The third-order valence-corrected chi connectivity index (χ3v) is 2.91. The molecule has 90 valence electrons. The Hall–Kier alpha value is -1.55. The van der Waals surface area contributed by atoms with E-state index < -0.39 is 0 Å². The van der Waals surface area contributed by atoms with Crippen molar-refractivity contribution < 1.29 is 4.39 Å². The number of rotatable bonds is 2. The highest BCUT2D eigenvalue weighted by Gasteiger charge is 2.17. The lowest BCUT2D eigenvalue weighted by atomic mass is 9.99. The summed E-state index contributed by atoms with van der Waals surface area (Å²) in [6.45, 7) is 4.04. The molecule has 0 atom stereocenters. The number of aromatic amines is 1. The quantitative estimate of drug-likeness (QED) is 0.860. The van der Waals surface area contributed by atoms with E-state index in [1.54, 1.807) is 6.07 Å². The lowest BCUT2D eigenvalue weighted by Crippen LogP contribution is -1.94. The van der Waals surface area contributed by atoms with Crippen molar-refractivity contribution in [2.24, 2.45) is 0 Å². The molecular formula is C12H13ClFN3. The fourth-order valence-electron chi connectivity index (χ4n) is 1.76. The Labute approximate surface area is 104 Å². The zero-order valence-corrected chi connectivity index (χ0v) is 10.3. The maximum atomic E-state index is 13.0. The maximum absolute atomic E-state index is 13.0. The summed E-state index contributed by atoms with van der Waals surface area (Å²) in [5, 5.41) is 7.20. The van der Waals surface area contributed by atoms with Crippen LogP contribution in [0.15, 0.2) is 18.2 Å². The number of H-pyrrole nitrogens is 1. The van der Waals surface area contributed by atoms with Gasteiger partial charge in [0.05, 0.1) is 5.02 Å². The summed E-state index contributed by atoms with van der Waals surface area (Å²) in [6.07, 6.45) is 0. The first kappa shape index (κ1) is 11.9. The fourth-order valence-corrected chi connectivity index (χ4v) is 2.03. The van der Waals surface area contributed by atoms with E-state index in [9.17, 15) is 4.39 Å². The van der Waals surface area contributed by atoms with Gasteiger partial charge in [-0.1, -0.05) is 25.4 Å². The van der Waals surface area contributed by atoms with Crippen LogP contribution in [0.4, 0.5) is 10.2 Å². The molecule has 1 aromatic heterocycles. The Kier molecular flexibility index (Phi) is 3.07. The maximum Gasteiger partial charge on any atom is 0.153 e. The Morgan fingerprint density at radius 1 is 1.41 bits per heavy atom. The van der Waals surface area contributed by atoms with Gasteiger partial charge in [0.25, 0.3) is 0 Å². The van der Waals surface area contributed by atoms with E-state index >= 15 is 0 Å². The first-order chi connectivity index (χ1) is 8.00. The number of nitrogens with zero attached hydrogens (tertiary/aromatic N) is 1. The number of nitrogens with one attached hydrogen (secondary N) is 1. The molecule has 0 aliphatic heterocycles. The van der Waals surface area contributed by atoms with E-state index in [1.807, 2.05) is 13.8 Å². The second kappa shape index (κ2) is 4.37. The number of aromatic nitrogens is 2. The van der Waals surface area contributed by atoms with Crippen LogP contribution in [-0.4, -0.2) is 10.2 Å². The summed E-state index contributed by atoms with van der Waals surface area (Å²) in [4.78, 5) is 0. The minimum Gasteiger partial charge on any atom is -0.382 e. The second-order valence-electron chi connectivity index (χ2n) is 4.18. The van der Waals surface area contributed by atoms with E-state index in [0.717, 1.165) is 11.3 Å². The second-order valence-corrected chi connectivity index (χ2v) is 4.58. The van der Waals surface area contributed by atoms with E-state index in [-0.39, 0.29) is 11.7 Å². The highest BCUT2D eigenvalue weighted by Crippen LogP contribution is 2.36. The number of hydrogen-bond donors (Lipinski definition) is 2. The third-order valence-electron chi connectivity index (χ3n) is 2.60. The van der Waals surface area contributed by atoms with Gasteiger partial charge in [0, 0.05) is 16.8 Å². The van der Waals surface area contributed by atoms with Gasteiger partial charge < -0.3 is 5.73 Å². The summed E-state index contributed by atoms with van der Waals surface area (Å²) >= 11 is 6.03. The Morgan fingerprint density at radius 3 is 2.71 bits per heavy atom. The van der Waals surface area contributed by atoms with Gasteiger partial charge in [-0.05, 0) is 24.1 Å². The molecule has 0 aliphatic rings. The minimum atomic E-state index is -0.369. The van der Waals surface area contributed by atoms with Crippen molar-refractivity contribution in [2.75, 3.05) is 5.73 Å². The molecule has 0 spiro atoms. The van der Waals surface area contributed by atoms with Gasteiger partial charge in [-0.3, -0.25) is 5.10 Å². The zero-order chi connectivity index (χ0) is 12.6. The summed E-state index contributed by atoms with van der Waals surface area (Å²) in [6, 6.07) is 4.25. The van der Waals surface area contributed by atoms with E-state index in [2.05, 4.69) is 10.2 Å². The van der Waals surface area contributed by atoms with Gasteiger partial charge >= 0.3 is 0 Å². The first-order valence-electron chi connectivity index (χ1n) is 5.30. The van der Waals surface area contributed by atoms with Crippen molar-refractivity contribution in [3.63, 3.8) is 0 Å². The lowest BCUT2D eigenvalue weighted by Gasteiger charge is -2.08. The van der Waals surface area contributed by atoms with Crippen LogP contribution in [0, 0.1) is 5.82 Å². The molecule has 5 heteroatoms. The van der Waals surface area contributed by atoms with Crippen LogP contribution in [0.3, 0.4) is 0 Å². The van der Waals surface area contributed by atoms with Crippen LogP contribution in [0.2, 0.25) is 5.02 Å². The molecule has 0 fully saturated rings. The molecule has 0 aliphatic carbocycles. The van der Waals surface area contributed by atoms with Crippen LogP contribution in [0.25, 0.3) is 11.1 Å². The average molecular weight is 254 g/mol. The van der Waals surface area contributed by atoms with Crippen LogP contribution in [0.1, 0.15) is 25.5 Å². The molecular weight excluding hydrogens is 241 g/mol. The summed E-state index contributed by atoms with van der Waals surface area (Å²) < 4.78 is 13.0. The van der Waals surface area contributed by atoms with Gasteiger partial charge in [0.1, 0.15) is 5.82 Å². The van der Waals surface area contributed by atoms with E-state index in [4.69, 9.17) is 17.3 Å². The van der Waals surface area contributed by atoms with Crippen molar-refractivity contribution in [3.8, 4) is 11.1 Å². The number of halogens is 2. The highest BCUT2D eigenvalue weighted by molar-refractivity contribution is 6.33. The van der Waals surface area contributed by atoms with Crippen LogP contribution in [-0.2, 0) is 0 Å². The van der Waals surface area contributed by atoms with Gasteiger partial charge in [-0.25, -0.2) is 4.39 Å². The molecule has 0 saturated carbocycles. The smallest absolute Gasteiger partial charge is 0.153 e. The molecule has 0 amide bonds. The SMILES string of the molecule is CC(C)c1[nH]nc(N)c1-c1ccc(F)cc1Cl. The topological polar surface area (TPSA) is 54.7 Å². The molecule has 1 aromatic carbocycles. The predicted octanol–water partition coefficient (Wildman–Crippen LogP) is 3.57. The molecule has 0 saturated heterocycles. The Morgan fingerprint density at radius 2 is 2.12 bits per heavy atom. The van der Waals surface area contributed by atoms with Crippen LogP contribution >= 0.6 is 11.6 Å². The zero-order valence-electron chi connectivity index (χ0n) is 9.59. The standard InChI is InChI=1S/C12H13ClFN3/c1-6(2)11-10(12(15)17-16-11)8-4-3-7(14)5-9(8)13/h3-6H,1-2H3,(H3,15,16,17). The fraction of sp³-hybridized carbons (Fsp3) is 0.250. The first-order valence-corrected chi connectivity index (χ1v) is 5.67. The van der Waals surface area contributed by atoms with Gasteiger partial charge in [-0.2, -0.15) is 5.10 Å². The molecule has 0 unspecified atom stereocenters. The Bertz CT molecular complexity index is 549. The molecule has 2 aromatic rings. The number of benzene rings is 1. The average Bonchev–Trinajstić information content (AvgIpc) is 2.60. The van der Waals surface area contributed by atoms with Gasteiger partial charge in [-0.15, -0.1) is 0 Å². The number of hydrogen-bond acceptors (Lipinski definition) is 2. The monoisotopic (exact) mass is 253 g/mol. The van der Waals surface area contributed by atoms with Crippen molar-refractivity contribution in [2.45, 2.75) is 19.8 Å². The van der Waals surface area contributed by atoms with E-state index in [0.29, 0.717) is 16.4 Å². The molecule has 1 heterocycles. The normalized spacial score (nSPS) is 11.1.